The molecule has 0 aromatic carbocycles. The molecule has 7 heteroatoms. The monoisotopic (exact) mass is 281 g/mol. The van der Waals surface area contributed by atoms with Gasteiger partial charge in [-0.25, -0.2) is 9.78 Å². The summed E-state index contributed by atoms with van der Waals surface area (Å²) in [7, 11) is 0. The number of hydrogen-bond donors (Lipinski definition) is 1. The zero-order chi connectivity index (χ0) is 14.3. The molecule has 1 heterocycles. The standard InChI is InChI=1S/C11H14F3NO2S/c1-5(10(2,3)4)8-15-7(11(12,13)14)6(18-8)9(16)17/h5H,1-4H3,(H,16,17). The number of nitrogens with zero attached hydrogens (tertiary/aromatic N) is 1. The van der Waals surface area contributed by atoms with E-state index in [2.05, 4.69) is 4.98 Å². The van der Waals surface area contributed by atoms with Crippen LogP contribution in [0.1, 0.15) is 54.0 Å². The summed E-state index contributed by atoms with van der Waals surface area (Å²) in [6.07, 6.45) is -4.74. The van der Waals surface area contributed by atoms with Crippen LogP contribution >= 0.6 is 11.3 Å². The molecule has 0 aliphatic rings. The van der Waals surface area contributed by atoms with Gasteiger partial charge in [0.2, 0.25) is 0 Å². The zero-order valence-electron chi connectivity index (χ0n) is 10.4. The molecule has 1 aromatic heterocycles. The highest BCUT2D eigenvalue weighted by Crippen LogP contribution is 2.41. The Labute approximate surface area is 107 Å². The molecular weight excluding hydrogens is 267 g/mol. The van der Waals surface area contributed by atoms with Crippen LogP contribution in [-0.2, 0) is 6.18 Å². The molecule has 0 amide bonds. The first kappa shape index (κ1) is 14.9. The van der Waals surface area contributed by atoms with Gasteiger partial charge in [0, 0.05) is 5.92 Å². The van der Waals surface area contributed by atoms with Crippen molar-refractivity contribution in [2.24, 2.45) is 5.41 Å². The molecule has 0 saturated heterocycles. The van der Waals surface area contributed by atoms with Gasteiger partial charge in [-0.15, -0.1) is 11.3 Å². The van der Waals surface area contributed by atoms with Crippen molar-refractivity contribution in [1.82, 2.24) is 4.98 Å². The van der Waals surface area contributed by atoms with Crippen molar-refractivity contribution < 1.29 is 23.1 Å². The molecule has 0 saturated carbocycles. The Bertz CT molecular complexity index is 460. The van der Waals surface area contributed by atoms with Gasteiger partial charge in [0.1, 0.15) is 4.88 Å². The van der Waals surface area contributed by atoms with Gasteiger partial charge >= 0.3 is 12.1 Å². The summed E-state index contributed by atoms with van der Waals surface area (Å²) in [6.45, 7) is 7.34. The van der Waals surface area contributed by atoms with Crippen molar-refractivity contribution in [3.8, 4) is 0 Å². The summed E-state index contributed by atoms with van der Waals surface area (Å²) in [5.41, 5.74) is -1.58. The van der Waals surface area contributed by atoms with E-state index in [1.54, 1.807) is 6.92 Å². The van der Waals surface area contributed by atoms with Crippen LogP contribution in [0.5, 0.6) is 0 Å². The quantitative estimate of drug-likeness (QED) is 0.891. The van der Waals surface area contributed by atoms with Crippen LogP contribution in [0.25, 0.3) is 0 Å². The van der Waals surface area contributed by atoms with Crippen LogP contribution in [0.2, 0.25) is 0 Å². The number of thiazole rings is 1. The van der Waals surface area contributed by atoms with Crippen LogP contribution < -0.4 is 0 Å². The lowest BCUT2D eigenvalue weighted by molar-refractivity contribution is -0.141. The Morgan fingerprint density at radius 3 is 2.11 bits per heavy atom. The average Bonchev–Trinajstić information content (AvgIpc) is 2.58. The Balaban J connectivity index is 3.32. The lowest BCUT2D eigenvalue weighted by Crippen LogP contribution is -2.16. The Kier molecular flexibility index (Phi) is 3.76. The third-order valence-corrected chi connectivity index (χ3v) is 4.00. The number of carboxylic acid groups (broad SMARTS) is 1. The van der Waals surface area contributed by atoms with E-state index < -0.39 is 22.7 Å². The smallest absolute Gasteiger partial charge is 0.435 e. The molecule has 0 bridgehead atoms. The molecule has 0 fully saturated rings. The first-order chi connectivity index (χ1) is 7.94. The van der Waals surface area contributed by atoms with Gasteiger partial charge in [0.05, 0.1) is 5.01 Å². The molecule has 1 aromatic rings. The molecule has 1 N–H and O–H groups in total. The second kappa shape index (κ2) is 4.53. The lowest BCUT2D eigenvalue weighted by Gasteiger charge is -2.25. The highest BCUT2D eigenvalue weighted by atomic mass is 32.1. The van der Waals surface area contributed by atoms with Gasteiger partial charge in [-0.1, -0.05) is 27.7 Å². The number of hydrogen-bond acceptors (Lipinski definition) is 3. The van der Waals surface area contributed by atoms with E-state index in [1.807, 2.05) is 20.8 Å². The van der Waals surface area contributed by atoms with Crippen molar-refractivity contribution >= 4 is 17.3 Å². The van der Waals surface area contributed by atoms with Gasteiger partial charge in [-0.05, 0) is 5.41 Å². The summed E-state index contributed by atoms with van der Waals surface area (Å²) in [5.74, 6) is -1.84. The maximum Gasteiger partial charge on any atom is 0.435 e. The van der Waals surface area contributed by atoms with Crippen LogP contribution in [0.3, 0.4) is 0 Å². The number of aromatic nitrogens is 1. The maximum atomic E-state index is 12.7. The predicted molar refractivity (Wildman–Crippen MR) is 61.9 cm³/mol. The fourth-order valence-corrected chi connectivity index (χ4v) is 2.45. The van der Waals surface area contributed by atoms with Crippen molar-refractivity contribution in [2.75, 3.05) is 0 Å². The molecule has 1 rings (SSSR count). The summed E-state index contributed by atoms with van der Waals surface area (Å²) in [5, 5.41) is 9.00. The second-order valence-corrected chi connectivity index (χ2v) is 6.15. The summed E-state index contributed by atoms with van der Waals surface area (Å²) < 4.78 is 38.0. The number of aromatic carboxylic acids is 1. The average molecular weight is 281 g/mol. The molecule has 0 radical (unpaired) electrons. The molecule has 1 unspecified atom stereocenters. The van der Waals surface area contributed by atoms with Crippen LogP contribution in [0.4, 0.5) is 13.2 Å². The van der Waals surface area contributed by atoms with Crippen LogP contribution in [0.15, 0.2) is 0 Å². The Morgan fingerprint density at radius 1 is 1.33 bits per heavy atom. The summed E-state index contributed by atoms with van der Waals surface area (Å²) in [4.78, 5) is 13.6. The molecule has 1 atom stereocenters. The topological polar surface area (TPSA) is 50.2 Å². The van der Waals surface area contributed by atoms with E-state index >= 15 is 0 Å². The molecule has 18 heavy (non-hydrogen) atoms. The van der Waals surface area contributed by atoms with Gasteiger partial charge in [-0.3, -0.25) is 0 Å². The molecule has 0 aliphatic carbocycles. The van der Waals surface area contributed by atoms with Crippen molar-refractivity contribution in [3.05, 3.63) is 15.6 Å². The fraction of sp³-hybridized carbons (Fsp3) is 0.636. The Morgan fingerprint density at radius 2 is 1.83 bits per heavy atom. The third kappa shape index (κ3) is 3.01. The first-order valence-corrected chi connectivity index (χ1v) is 6.07. The van der Waals surface area contributed by atoms with E-state index in [4.69, 9.17) is 5.11 Å². The van der Waals surface area contributed by atoms with Gasteiger partial charge in [0.25, 0.3) is 0 Å². The van der Waals surface area contributed by atoms with Crippen LogP contribution in [0, 0.1) is 5.41 Å². The van der Waals surface area contributed by atoms with E-state index in [0.717, 1.165) is 0 Å². The second-order valence-electron chi connectivity index (χ2n) is 5.12. The first-order valence-electron chi connectivity index (χ1n) is 5.25. The summed E-state index contributed by atoms with van der Waals surface area (Å²) >= 11 is 0.599. The van der Waals surface area contributed by atoms with Crippen molar-refractivity contribution in [1.29, 1.82) is 0 Å². The molecule has 102 valence electrons. The van der Waals surface area contributed by atoms with Gasteiger partial charge in [0.15, 0.2) is 5.69 Å². The number of carboxylic acids is 1. The Hall–Kier alpha value is -1.11. The zero-order valence-corrected chi connectivity index (χ0v) is 11.2. The lowest BCUT2D eigenvalue weighted by atomic mass is 9.82. The normalized spacial score (nSPS) is 14.6. The molecule has 3 nitrogen and oxygen atoms in total. The minimum atomic E-state index is -4.74. The minimum absolute atomic E-state index is 0.201. The van der Waals surface area contributed by atoms with E-state index in [1.165, 1.54) is 0 Å². The third-order valence-electron chi connectivity index (χ3n) is 2.78. The minimum Gasteiger partial charge on any atom is -0.477 e. The highest BCUT2D eigenvalue weighted by Gasteiger charge is 2.41. The van der Waals surface area contributed by atoms with Crippen LogP contribution in [-0.4, -0.2) is 16.1 Å². The van der Waals surface area contributed by atoms with Gasteiger partial charge in [-0.2, -0.15) is 13.2 Å². The summed E-state index contributed by atoms with van der Waals surface area (Å²) in [6, 6.07) is 0. The van der Waals surface area contributed by atoms with E-state index in [-0.39, 0.29) is 16.3 Å². The molecule has 0 spiro atoms. The highest BCUT2D eigenvalue weighted by molar-refractivity contribution is 7.13. The number of carbonyl (C=O) groups is 1. The molecular formula is C11H14F3NO2S. The van der Waals surface area contributed by atoms with Crippen molar-refractivity contribution in [2.45, 2.75) is 39.8 Å². The van der Waals surface area contributed by atoms with E-state index in [0.29, 0.717) is 11.3 Å². The largest absolute Gasteiger partial charge is 0.477 e. The number of rotatable bonds is 2. The number of alkyl halides is 3. The molecule has 0 aliphatic heterocycles. The maximum absolute atomic E-state index is 12.7. The van der Waals surface area contributed by atoms with E-state index in [9.17, 15) is 18.0 Å². The fourth-order valence-electron chi connectivity index (χ4n) is 1.23. The SMILES string of the molecule is CC(c1nc(C(F)(F)F)c(C(=O)O)s1)C(C)(C)C. The van der Waals surface area contributed by atoms with Crippen molar-refractivity contribution in [3.63, 3.8) is 0 Å². The van der Waals surface area contributed by atoms with Gasteiger partial charge < -0.3 is 5.11 Å². The predicted octanol–water partition coefficient (Wildman–Crippen LogP) is 4.01. The number of halogens is 3.